The lowest BCUT2D eigenvalue weighted by atomic mass is 10.0. The number of amides is 1. The zero-order chi connectivity index (χ0) is 20.0. The van der Waals surface area contributed by atoms with Gasteiger partial charge in [0.2, 0.25) is 5.91 Å². The molecule has 0 radical (unpaired) electrons. The lowest BCUT2D eigenvalue weighted by molar-refractivity contribution is -0.114. The number of sulfonamides is 1. The van der Waals surface area contributed by atoms with Crippen LogP contribution < -0.4 is 10.1 Å². The van der Waals surface area contributed by atoms with Gasteiger partial charge in [-0.15, -0.1) is 0 Å². The van der Waals surface area contributed by atoms with Crippen LogP contribution in [0, 0.1) is 0 Å². The predicted octanol–water partition coefficient (Wildman–Crippen LogP) is 3.38. The van der Waals surface area contributed by atoms with Gasteiger partial charge in [0.15, 0.2) is 0 Å². The number of anilines is 1. The van der Waals surface area contributed by atoms with Crippen molar-refractivity contribution in [2.75, 3.05) is 5.32 Å². The number of carbonyl (C=O) groups is 1. The molecule has 142 valence electrons. The summed E-state index contributed by atoms with van der Waals surface area (Å²) in [5.74, 6) is -0.228. The van der Waals surface area contributed by atoms with Gasteiger partial charge in [-0.1, -0.05) is 60.7 Å². The Balaban J connectivity index is 1.90. The van der Waals surface area contributed by atoms with Crippen molar-refractivity contribution in [1.29, 1.82) is 0 Å². The fourth-order valence-electron chi connectivity index (χ4n) is 2.57. The fraction of sp³-hybridized carbons (Fsp3) is 0.0476. The second kappa shape index (κ2) is 8.49. The molecule has 0 saturated carbocycles. The molecule has 6 nitrogen and oxygen atoms in total. The molecule has 3 aromatic carbocycles. The molecule has 0 atom stereocenters. The third-order valence-electron chi connectivity index (χ3n) is 3.86. The topological polar surface area (TPSA) is 87.6 Å². The van der Waals surface area contributed by atoms with E-state index in [1.807, 2.05) is 60.7 Å². The Morgan fingerprint density at radius 1 is 0.786 bits per heavy atom. The van der Waals surface area contributed by atoms with Crippen LogP contribution in [0.5, 0.6) is 0 Å². The summed E-state index contributed by atoms with van der Waals surface area (Å²) in [6.45, 7) is 1.38. The quantitative estimate of drug-likeness (QED) is 0.497. The number of carbonyl (C=O) groups excluding carboxylic acids is 1. The lowest BCUT2D eigenvalue weighted by Gasteiger charge is -2.09. The number of hydrogen-bond acceptors (Lipinski definition) is 4. The molecule has 0 aromatic heterocycles. The highest BCUT2D eigenvalue weighted by atomic mass is 32.2. The van der Waals surface area contributed by atoms with Crippen molar-refractivity contribution in [2.45, 2.75) is 11.8 Å². The van der Waals surface area contributed by atoms with Crippen LogP contribution in [0.2, 0.25) is 0 Å². The van der Waals surface area contributed by atoms with Crippen molar-refractivity contribution in [3.05, 3.63) is 96.1 Å². The Bertz CT molecular complexity index is 1040. The Kier molecular flexibility index (Phi) is 5.86. The van der Waals surface area contributed by atoms with Crippen LogP contribution in [-0.2, 0) is 14.8 Å². The van der Waals surface area contributed by atoms with Crippen LogP contribution in [0.15, 0.2) is 94.9 Å². The Labute approximate surface area is 164 Å². The minimum absolute atomic E-state index is 0.0471. The van der Waals surface area contributed by atoms with Crippen LogP contribution in [0.4, 0.5) is 5.69 Å². The number of rotatable bonds is 6. The first-order valence-corrected chi connectivity index (χ1v) is 10.0. The first kappa shape index (κ1) is 19.3. The van der Waals surface area contributed by atoms with Crippen molar-refractivity contribution in [3.8, 4) is 0 Å². The van der Waals surface area contributed by atoms with E-state index in [2.05, 4.69) is 15.2 Å². The van der Waals surface area contributed by atoms with E-state index in [9.17, 15) is 13.2 Å². The van der Waals surface area contributed by atoms with Crippen molar-refractivity contribution in [1.82, 2.24) is 4.83 Å². The number of hydrazone groups is 1. The molecule has 2 N–H and O–H groups in total. The fourth-order valence-corrected chi connectivity index (χ4v) is 3.38. The van der Waals surface area contributed by atoms with E-state index in [0.717, 1.165) is 11.1 Å². The molecular formula is C21H19N3O3S. The van der Waals surface area contributed by atoms with Crippen LogP contribution in [-0.4, -0.2) is 20.0 Å². The van der Waals surface area contributed by atoms with Crippen molar-refractivity contribution in [3.63, 3.8) is 0 Å². The molecular weight excluding hydrogens is 374 g/mol. The summed E-state index contributed by atoms with van der Waals surface area (Å²) >= 11 is 0. The average molecular weight is 393 g/mol. The van der Waals surface area contributed by atoms with Gasteiger partial charge in [-0.05, 0) is 24.3 Å². The third kappa shape index (κ3) is 4.83. The van der Waals surface area contributed by atoms with Gasteiger partial charge in [0.05, 0.1) is 10.6 Å². The molecule has 0 aliphatic heterocycles. The average Bonchev–Trinajstić information content (AvgIpc) is 2.70. The number of benzene rings is 3. The smallest absolute Gasteiger partial charge is 0.276 e. The summed E-state index contributed by atoms with van der Waals surface area (Å²) in [6, 6.07) is 24.5. The van der Waals surface area contributed by atoms with E-state index in [-0.39, 0.29) is 10.8 Å². The highest BCUT2D eigenvalue weighted by Crippen LogP contribution is 2.15. The van der Waals surface area contributed by atoms with Crippen molar-refractivity contribution in [2.24, 2.45) is 5.10 Å². The zero-order valence-corrected chi connectivity index (χ0v) is 16.0. The minimum Gasteiger partial charge on any atom is -0.326 e. The van der Waals surface area contributed by atoms with Gasteiger partial charge in [0.25, 0.3) is 10.0 Å². The second-order valence-electron chi connectivity index (χ2n) is 5.99. The zero-order valence-electron chi connectivity index (χ0n) is 15.2. The highest BCUT2D eigenvalue weighted by molar-refractivity contribution is 7.89. The molecule has 0 heterocycles. The van der Waals surface area contributed by atoms with Gasteiger partial charge in [0.1, 0.15) is 0 Å². The molecule has 0 aliphatic carbocycles. The summed E-state index contributed by atoms with van der Waals surface area (Å²) < 4.78 is 25.3. The van der Waals surface area contributed by atoms with Crippen molar-refractivity contribution < 1.29 is 13.2 Å². The SMILES string of the molecule is CC(=O)Nc1ccc(S(=O)(=O)NN=C(c2ccccc2)c2ccccc2)cc1. The van der Waals surface area contributed by atoms with E-state index >= 15 is 0 Å². The largest absolute Gasteiger partial charge is 0.326 e. The summed E-state index contributed by atoms with van der Waals surface area (Å²) in [6.07, 6.45) is 0. The van der Waals surface area contributed by atoms with Crippen LogP contribution >= 0.6 is 0 Å². The van der Waals surface area contributed by atoms with Crippen LogP contribution in [0.3, 0.4) is 0 Å². The summed E-state index contributed by atoms with van der Waals surface area (Å²) in [4.78, 5) is 13.4. The molecule has 1 amide bonds. The lowest BCUT2D eigenvalue weighted by Crippen LogP contribution is -2.21. The van der Waals surface area contributed by atoms with E-state index < -0.39 is 10.0 Å². The third-order valence-corrected chi connectivity index (χ3v) is 5.08. The van der Waals surface area contributed by atoms with Gasteiger partial charge in [-0.3, -0.25) is 4.79 Å². The Hall–Kier alpha value is -3.45. The molecule has 0 saturated heterocycles. The number of hydrogen-bond donors (Lipinski definition) is 2. The molecule has 7 heteroatoms. The Morgan fingerprint density at radius 3 is 1.75 bits per heavy atom. The summed E-state index contributed by atoms with van der Waals surface area (Å²) in [5.41, 5.74) is 2.61. The van der Waals surface area contributed by atoms with Gasteiger partial charge in [-0.25, -0.2) is 0 Å². The molecule has 0 bridgehead atoms. The second-order valence-corrected chi connectivity index (χ2v) is 7.65. The molecule has 28 heavy (non-hydrogen) atoms. The van der Waals surface area contributed by atoms with Gasteiger partial charge < -0.3 is 5.32 Å². The van der Waals surface area contributed by atoms with Crippen LogP contribution in [0.1, 0.15) is 18.1 Å². The molecule has 0 unspecified atom stereocenters. The van der Waals surface area contributed by atoms with Crippen molar-refractivity contribution >= 4 is 27.3 Å². The van der Waals surface area contributed by atoms with E-state index in [4.69, 9.17) is 0 Å². The summed E-state index contributed by atoms with van der Waals surface area (Å²) in [5, 5.41) is 6.79. The molecule has 0 spiro atoms. The molecule has 3 aromatic rings. The minimum atomic E-state index is -3.87. The van der Waals surface area contributed by atoms with Gasteiger partial charge in [-0.2, -0.15) is 18.4 Å². The normalized spacial score (nSPS) is 10.8. The molecule has 0 fully saturated rings. The maximum atomic E-state index is 12.6. The monoisotopic (exact) mass is 393 g/mol. The van der Waals surface area contributed by atoms with Crippen LogP contribution in [0.25, 0.3) is 0 Å². The van der Waals surface area contributed by atoms with E-state index in [1.165, 1.54) is 31.2 Å². The summed E-state index contributed by atoms with van der Waals surface area (Å²) in [7, 11) is -3.87. The predicted molar refractivity (Wildman–Crippen MR) is 110 cm³/mol. The van der Waals surface area contributed by atoms with Gasteiger partial charge in [0, 0.05) is 23.7 Å². The first-order chi connectivity index (χ1) is 13.5. The van der Waals surface area contributed by atoms with Gasteiger partial charge >= 0.3 is 0 Å². The highest BCUT2D eigenvalue weighted by Gasteiger charge is 2.15. The Morgan fingerprint density at radius 2 is 1.29 bits per heavy atom. The molecule has 3 rings (SSSR count). The first-order valence-electron chi connectivity index (χ1n) is 8.54. The van der Waals surface area contributed by atoms with E-state index in [1.54, 1.807) is 0 Å². The standard InChI is InChI=1S/C21H19N3O3S/c1-16(25)22-19-12-14-20(15-13-19)28(26,27)24-23-21(17-8-4-2-5-9-17)18-10-6-3-7-11-18/h2-15,24H,1H3,(H,22,25). The molecule has 0 aliphatic rings. The maximum absolute atomic E-state index is 12.6. The number of nitrogens with zero attached hydrogens (tertiary/aromatic N) is 1. The van der Waals surface area contributed by atoms with E-state index in [0.29, 0.717) is 11.4 Å². The maximum Gasteiger partial charge on any atom is 0.276 e. The number of nitrogens with one attached hydrogen (secondary N) is 2.